The molecule has 84 valence electrons. The molecular weight excluding hydrogens is 226 g/mol. The number of sulfone groups is 1. The molecule has 0 aliphatic rings. The second-order valence-corrected chi connectivity index (χ2v) is 5.10. The minimum Gasteiger partial charge on any atom is -0.325 e. The molecule has 0 heterocycles. The second kappa shape index (κ2) is 4.81. The van der Waals surface area contributed by atoms with Crippen molar-refractivity contribution in [2.45, 2.75) is 11.8 Å². The monoisotopic (exact) mass is 237 g/mol. The van der Waals surface area contributed by atoms with Crippen LogP contribution >= 0.6 is 0 Å². The molecule has 16 heavy (non-hydrogen) atoms. The Bertz CT molecular complexity index is 541. The summed E-state index contributed by atoms with van der Waals surface area (Å²) < 4.78 is 23.5. The zero-order valence-electron chi connectivity index (χ0n) is 8.73. The number of rotatable bonds is 3. The summed E-state index contributed by atoms with van der Waals surface area (Å²) >= 11 is 0. The number of hydrogen-bond acceptors (Lipinski definition) is 3. The molecule has 1 rings (SSSR count). The Morgan fingerprint density at radius 3 is 2.62 bits per heavy atom. The van der Waals surface area contributed by atoms with Crippen LogP contribution in [0.1, 0.15) is 6.92 Å². The normalized spacial score (nSPS) is 10.5. The van der Waals surface area contributed by atoms with Gasteiger partial charge in [0.2, 0.25) is 5.91 Å². The van der Waals surface area contributed by atoms with E-state index in [1.54, 1.807) is 12.1 Å². The van der Waals surface area contributed by atoms with Gasteiger partial charge in [-0.1, -0.05) is 18.1 Å². The summed E-state index contributed by atoms with van der Waals surface area (Å²) in [7, 11) is -3.54. The van der Waals surface area contributed by atoms with Gasteiger partial charge in [0.05, 0.1) is 10.6 Å². The number of terminal acetylenes is 1. The molecule has 1 aromatic carbocycles. The van der Waals surface area contributed by atoms with E-state index in [4.69, 9.17) is 6.42 Å². The molecule has 0 atom stereocenters. The van der Waals surface area contributed by atoms with Gasteiger partial charge in [0.1, 0.15) is 5.75 Å². The molecule has 0 bridgehead atoms. The van der Waals surface area contributed by atoms with Gasteiger partial charge in [-0.05, 0) is 12.1 Å². The Kier molecular flexibility index (Phi) is 3.69. The van der Waals surface area contributed by atoms with Crippen LogP contribution in [0, 0.1) is 12.3 Å². The number of carbonyl (C=O) groups excluding carboxylic acids is 1. The maximum Gasteiger partial charge on any atom is 0.221 e. The van der Waals surface area contributed by atoms with E-state index in [1.165, 1.54) is 19.1 Å². The van der Waals surface area contributed by atoms with Crippen molar-refractivity contribution in [3.63, 3.8) is 0 Å². The number of carbonyl (C=O) groups is 1. The molecule has 1 N–H and O–H groups in total. The highest BCUT2D eigenvalue weighted by molar-refractivity contribution is 7.91. The van der Waals surface area contributed by atoms with E-state index in [9.17, 15) is 13.2 Å². The van der Waals surface area contributed by atoms with Gasteiger partial charge >= 0.3 is 0 Å². The first kappa shape index (κ1) is 12.3. The van der Waals surface area contributed by atoms with Gasteiger partial charge < -0.3 is 5.32 Å². The van der Waals surface area contributed by atoms with Crippen molar-refractivity contribution in [1.29, 1.82) is 0 Å². The molecule has 0 aliphatic heterocycles. The van der Waals surface area contributed by atoms with Crippen LogP contribution in [0.25, 0.3) is 0 Å². The van der Waals surface area contributed by atoms with Crippen LogP contribution in [0.15, 0.2) is 29.2 Å². The molecule has 0 saturated heterocycles. The highest BCUT2D eigenvalue weighted by Crippen LogP contribution is 2.21. The summed E-state index contributed by atoms with van der Waals surface area (Å²) in [6, 6.07) is 6.15. The molecular formula is C11H11NO3S. The molecule has 0 radical (unpaired) electrons. The largest absolute Gasteiger partial charge is 0.325 e. The van der Waals surface area contributed by atoms with Crippen LogP contribution in [-0.2, 0) is 14.6 Å². The molecule has 4 nitrogen and oxygen atoms in total. The van der Waals surface area contributed by atoms with Crippen molar-refractivity contribution in [3.05, 3.63) is 24.3 Å². The van der Waals surface area contributed by atoms with Gasteiger partial charge in [0.15, 0.2) is 9.84 Å². The first-order valence-electron chi connectivity index (χ1n) is 4.50. The van der Waals surface area contributed by atoms with E-state index >= 15 is 0 Å². The van der Waals surface area contributed by atoms with Crippen molar-refractivity contribution in [3.8, 4) is 12.3 Å². The number of hydrogen-bond donors (Lipinski definition) is 1. The summed E-state index contributed by atoms with van der Waals surface area (Å²) in [6.07, 6.45) is 4.99. The number of amides is 1. The summed E-state index contributed by atoms with van der Waals surface area (Å²) in [5.41, 5.74) is 0.255. The molecule has 1 amide bonds. The van der Waals surface area contributed by atoms with Crippen molar-refractivity contribution in [2.75, 3.05) is 11.1 Å². The Morgan fingerprint density at radius 1 is 1.44 bits per heavy atom. The number of para-hydroxylation sites is 1. The summed E-state index contributed by atoms with van der Waals surface area (Å²) in [4.78, 5) is 10.9. The lowest BCUT2D eigenvalue weighted by molar-refractivity contribution is -0.114. The average molecular weight is 237 g/mol. The minimum absolute atomic E-state index is 0.0446. The fraction of sp³-hybridized carbons (Fsp3) is 0.182. The molecule has 0 spiro atoms. The van der Waals surface area contributed by atoms with Crippen LogP contribution < -0.4 is 5.32 Å². The highest BCUT2D eigenvalue weighted by Gasteiger charge is 2.17. The van der Waals surface area contributed by atoms with E-state index in [0.717, 1.165) is 0 Å². The van der Waals surface area contributed by atoms with Gasteiger partial charge in [0, 0.05) is 6.92 Å². The zero-order valence-corrected chi connectivity index (χ0v) is 9.54. The van der Waals surface area contributed by atoms with Gasteiger partial charge in [-0.2, -0.15) is 0 Å². The predicted octanol–water partition coefficient (Wildman–Crippen LogP) is 1.05. The number of benzene rings is 1. The molecule has 1 aromatic rings. The highest BCUT2D eigenvalue weighted by atomic mass is 32.2. The zero-order chi connectivity index (χ0) is 12.2. The lowest BCUT2D eigenvalue weighted by atomic mass is 10.3. The Morgan fingerprint density at radius 2 is 2.06 bits per heavy atom. The fourth-order valence-corrected chi connectivity index (χ4v) is 2.33. The third-order valence-corrected chi connectivity index (χ3v) is 3.38. The minimum atomic E-state index is -3.54. The van der Waals surface area contributed by atoms with Crippen LogP contribution in [0.3, 0.4) is 0 Å². The standard InChI is InChI=1S/C11H11NO3S/c1-3-8-16(14,15)11-7-5-4-6-10(11)12-9(2)13/h1,4-7H,8H2,2H3,(H,12,13). The Hall–Kier alpha value is -1.80. The van der Waals surface area contributed by atoms with E-state index in [2.05, 4.69) is 11.2 Å². The van der Waals surface area contributed by atoms with Gasteiger partial charge in [-0.25, -0.2) is 8.42 Å². The van der Waals surface area contributed by atoms with Gasteiger partial charge in [-0.3, -0.25) is 4.79 Å². The smallest absolute Gasteiger partial charge is 0.221 e. The molecule has 0 saturated carbocycles. The topological polar surface area (TPSA) is 63.2 Å². The second-order valence-electron chi connectivity index (χ2n) is 3.14. The molecule has 0 fully saturated rings. The van der Waals surface area contributed by atoms with Crippen LogP contribution in [0.4, 0.5) is 5.69 Å². The summed E-state index contributed by atoms with van der Waals surface area (Å²) in [5, 5.41) is 2.45. The van der Waals surface area contributed by atoms with Crippen molar-refractivity contribution < 1.29 is 13.2 Å². The quantitative estimate of drug-likeness (QED) is 0.799. The molecule has 5 heteroatoms. The third kappa shape index (κ3) is 2.84. The van der Waals surface area contributed by atoms with Crippen molar-refractivity contribution >= 4 is 21.4 Å². The lowest BCUT2D eigenvalue weighted by Gasteiger charge is -2.08. The predicted molar refractivity (Wildman–Crippen MR) is 61.6 cm³/mol. The average Bonchev–Trinajstić information content (AvgIpc) is 2.17. The van der Waals surface area contributed by atoms with E-state index in [-0.39, 0.29) is 22.2 Å². The van der Waals surface area contributed by atoms with Gasteiger partial charge in [-0.15, -0.1) is 6.42 Å². The fourth-order valence-electron chi connectivity index (χ4n) is 1.22. The molecule has 0 aliphatic carbocycles. The first-order chi connectivity index (χ1) is 7.47. The third-order valence-electron chi connectivity index (χ3n) is 1.81. The summed E-state index contributed by atoms with van der Waals surface area (Å²) in [5.74, 6) is 1.37. The van der Waals surface area contributed by atoms with E-state index < -0.39 is 9.84 Å². The van der Waals surface area contributed by atoms with Gasteiger partial charge in [0.25, 0.3) is 0 Å². The van der Waals surface area contributed by atoms with Crippen LogP contribution in [0.2, 0.25) is 0 Å². The maximum atomic E-state index is 11.7. The van der Waals surface area contributed by atoms with Crippen molar-refractivity contribution in [1.82, 2.24) is 0 Å². The van der Waals surface area contributed by atoms with E-state index in [1.807, 2.05) is 0 Å². The molecule has 0 unspecified atom stereocenters. The maximum absolute atomic E-state index is 11.7. The van der Waals surface area contributed by atoms with Crippen molar-refractivity contribution in [2.24, 2.45) is 0 Å². The van der Waals surface area contributed by atoms with Crippen LogP contribution in [-0.4, -0.2) is 20.1 Å². The number of nitrogens with one attached hydrogen (secondary N) is 1. The Labute approximate surface area is 94.6 Å². The number of anilines is 1. The molecule has 0 aromatic heterocycles. The Balaban J connectivity index is 3.24. The first-order valence-corrected chi connectivity index (χ1v) is 6.15. The van der Waals surface area contributed by atoms with E-state index in [0.29, 0.717) is 0 Å². The SMILES string of the molecule is C#CCS(=O)(=O)c1ccccc1NC(C)=O. The summed E-state index contributed by atoms with van der Waals surface area (Å²) in [6.45, 7) is 1.31. The van der Waals surface area contributed by atoms with Crippen LogP contribution in [0.5, 0.6) is 0 Å². The lowest BCUT2D eigenvalue weighted by Crippen LogP contribution is -2.12.